The van der Waals surface area contributed by atoms with Crippen LogP contribution in [0.4, 0.5) is 0 Å². The van der Waals surface area contributed by atoms with E-state index in [0.717, 1.165) is 34.7 Å². The molecule has 0 spiro atoms. The first-order chi connectivity index (χ1) is 19.0. The number of methoxy groups -OCH3 is 1. The highest BCUT2D eigenvalue weighted by Crippen LogP contribution is 2.55. The summed E-state index contributed by atoms with van der Waals surface area (Å²) in [7, 11) is 3.34. The Hall–Kier alpha value is -3.87. The van der Waals surface area contributed by atoms with Gasteiger partial charge in [0.1, 0.15) is 11.3 Å². The highest BCUT2D eigenvalue weighted by molar-refractivity contribution is 5.91. The summed E-state index contributed by atoms with van der Waals surface area (Å²) in [5.41, 5.74) is 5.67. The Morgan fingerprint density at radius 2 is 1.74 bits per heavy atom. The number of aryl methyl sites for hydroxylation is 1. The Kier molecular flexibility index (Phi) is 6.98. The van der Waals surface area contributed by atoms with E-state index < -0.39 is 0 Å². The van der Waals surface area contributed by atoms with Crippen LogP contribution in [0.3, 0.4) is 0 Å². The van der Waals surface area contributed by atoms with Gasteiger partial charge < -0.3 is 9.47 Å². The van der Waals surface area contributed by atoms with Gasteiger partial charge in [-0.3, -0.25) is 4.68 Å². The third kappa shape index (κ3) is 5.22. The van der Waals surface area contributed by atoms with E-state index in [4.69, 9.17) is 9.47 Å². The molecule has 0 aliphatic heterocycles. The van der Waals surface area contributed by atoms with E-state index in [0.29, 0.717) is 17.4 Å². The first kappa shape index (κ1) is 25.4. The third-order valence-electron chi connectivity index (χ3n) is 8.40. The Labute approximate surface area is 229 Å². The molecule has 3 atom stereocenters. The number of hydrogen-bond donors (Lipinski definition) is 0. The highest BCUT2D eigenvalue weighted by Gasteiger charge is 2.45. The molecule has 0 amide bonds. The number of nitrogens with zero attached hydrogens (tertiary/aromatic N) is 4. The quantitative estimate of drug-likeness (QED) is 0.241. The molecular weight excluding hydrogens is 488 g/mol. The number of ether oxygens (including phenoxy) is 2. The van der Waals surface area contributed by atoms with Crippen molar-refractivity contribution in [3.63, 3.8) is 0 Å². The first-order valence-corrected chi connectivity index (χ1v) is 14.0. The minimum atomic E-state index is -0.360. The second-order valence-electron chi connectivity index (χ2n) is 11.0. The van der Waals surface area contributed by atoms with Crippen molar-refractivity contribution < 1.29 is 14.3 Å². The molecule has 4 aromatic rings. The molecule has 202 valence electrons. The summed E-state index contributed by atoms with van der Waals surface area (Å²) in [5, 5.41) is 9.00. The molecule has 2 aromatic carbocycles. The van der Waals surface area contributed by atoms with Crippen LogP contribution >= 0.6 is 0 Å². The molecule has 0 saturated heterocycles. The maximum Gasteiger partial charge on any atom is 0.341 e. The van der Waals surface area contributed by atoms with Gasteiger partial charge in [-0.2, -0.15) is 10.2 Å². The van der Waals surface area contributed by atoms with Crippen LogP contribution in [0.2, 0.25) is 0 Å². The molecule has 2 heterocycles. The van der Waals surface area contributed by atoms with Crippen LogP contribution in [0.5, 0.6) is 5.75 Å². The lowest BCUT2D eigenvalue weighted by atomic mass is 9.86. The fraction of sp³-hybridized carbons (Fsp3) is 0.406. The average molecular weight is 525 g/mol. The van der Waals surface area contributed by atoms with Crippen LogP contribution in [0.1, 0.15) is 78.9 Å². The minimum absolute atomic E-state index is 0.174. The Bertz CT molecular complexity index is 1470. The normalized spacial score (nSPS) is 20.0. The van der Waals surface area contributed by atoms with E-state index in [-0.39, 0.29) is 18.0 Å². The topological polar surface area (TPSA) is 71.2 Å². The van der Waals surface area contributed by atoms with Gasteiger partial charge in [0.05, 0.1) is 37.0 Å². The maximum absolute atomic E-state index is 12.7. The van der Waals surface area contributed by atoms with Gasteiger partial charge >= 0.3 is 5.97 Å². The summed E-state index contributed by atoms with van der Waals surface area (Å²) < 4.78 is 15.2. The van der Waals surface area contributed by atoms with Gasteiger partial charge in [-0.25, -0.2) is 9.48 Å². The van der Waals surface area contributed by atoms with Gasteiger partial charge in [0.15, 0.2) is 0 Å². The smallest absolute Gasteiger partial charge is 0.341 e. The molecule has 2 aliphatic rings. The monoisotopic (exact) mass is 524 g/mol. The molecule has 2 aromatic heterocycles. The predicted octanol–water partition coefficient (Wildman–Crippen LogP) is 6.68. The number of rotatable bonds is 8. The molecular formula is C32H36N4O3. The predicted molar refractivity (Wildman–Crippen MR) is 150 cm³/mol. The van der Waals surface area contributed by atoms with Gasteiger partial charge in [0, 0.05) is 19.2 Å². The lowest BCUT2D eigenvalue weighted by Crippen LogP contribution is -2.25. The molecule has 0 N–H and O–H groups in total. The summed E-state index contributed by atoms with van der Waals surface area (Å²) in [6, 6.07) is 16.7. The van der Waals surface area contributed by atoms with Crippen molar-refractivity contribution in [1.82, 2.24) is 19.6 Å². The van der Waals surface area contributed by atoms with E-state index >= 15 is 0 Å². The van der Waals surface area contributed by atoms with E-state index in [1.54, 1.807) is 6.20 Å². The van der Waals surface area contributed by atoms with Gasteiger partial charge in [-0.05, 0) is 79.0 Å². The van der Waals surface area contributed by atoms with Crippen LogP contribution in [0.15, 0.2) is 67.1 Å². The standard InChI is InChI=1S/C32H36N4O3/c1-21(22-9-5-4-6-10-22)39-27-14-8-12-24(16-27)23-11-7-13-26(15-23)36-31(30(19-34-36)32(37)38-3)29-17-28(29)25-18-33-35(2)20-25/h7-8,11-16,18-22,28-29H,4-6,9-10,17H2,1-3H3/t21?,28-,29+/m0/s1. The SMILES string of the molecule is COC(=O)c1cnn(-c2cccc(-c3cccc(OC(C)C4CCCCC4)c3)c2)c1[C@@H]1C[C@H]1c1cnn(C)c1. The summed E-state index contributed by atoms with van der Waals surface area (Å²) in [5.74, 6) is 1.65. The number of carbonyl (C=O) groups is 1. The van der Waals surface area contributed by atoms with E-state index in [1.807, 2.05) is 47.0 Å². The van der Waals surface area contributed by atoms with Crippen molar-refractivity contribution in [2.24, 2.45) is 13.0 Å². The van der Waals surface area contributed by atoms with Crippen molar-refractivity contribution in [2.45, 2.75) is 63.4 Å². The highest BCUT2D eigenvalue weighted by atomic mass is 16.5. The Morgan fingerprint density at radius 1 is 0.974 bits per heavy atom. The molecule has 39 heavy (non-hydrogen) atoms. The van der Waals surface area contributed by atoms with Gasteiger partial charge in [-0.1, -0.05) is 43.5 Å². The van der Waals surface area contributed by atoms with Gasteiger partial charge in [-0.15, -0.1) is 0 Å². The molecule has 7 heteroatoms. The van der Waals surface area contributed by atoms with Crippen molar-refractivity contribution in [2.75, 3.05) is 7.11 Å². The van der Waals surface area contributed by atoms with Crippen LogP contribution < -0.4 is 4.74 Å². The summed E-state index contributed by atoms with van der Waals surface area (Å²) in [6.07, 6.45) is 13.2. The Morgan fingerprint density at radius 3 is 2.49 bits per heavy atom. The van der Waals surface area contributed by atoms with Crippen LogP contribution in [-0.4, -0.2) is 38.7 Å². The van der Waals surface area contributed by atoms with Crippen LogP contribution in [0.25, 0.3) is 16.8 Å². The largest absolute Gasteiger partial charge is 0.490 e. The first-order valence-electron chi connectivity index (χ1n) is 14.0. The van der Waals surface area contributed by atoms with Crippen molar-refractivity contribution in [1.29, 1.82) is 0 Å². The number of hydrogen-bond acceptors (Lipinski definition) is 5. The van der Waals surface area contributed by atoms with Crippen LogP contribution in [0, 0.1) is 5.92 Å². The number of benzene rings is 2. The third-order valence-corrected chi connectivity index (χ3v) is 8.40. The number of esters is 1. The van der Waals surface area contributed by atoms with E-state index in [9.17, 15) is 4.79 Å². The fourth-order valence-corrected chi connectivity index (χ4v) is 6.17. The lowest BCUT2D eigenvalue weighted by Gasteiger charge is -2.28. The van der Waals surface area contributed by atoms with E-state index in [1.165, 1.54) is 44.8 Å². The second kappa shape index (κ2) is 10.7. The molecule has 0 bridgehead atoms. The zero-order valence-electron chi connectivity index (χ0n) is 22.9. The molecule has 6 rings (SSSR count). The van der Waals surface area contributed by atoms with Crippen molar-refractivity contribution in [3.8, 4) is 22.6 Å². The molecule has 2 aliphatic carbocycles. The van der Waals surface area contributed by atoms with Crippen molar-refractivity contribution >= 4 is 5.97 Å². The Balaban J connectivity index is 1.29. The van der Waals surface area contributed by atoms with Gasteiger partial charge in [0.25, 0.3) is 0 Å². The zero-order valence-corrected chi connectivity index (χ0v) is 22.9. The lowest BCUT2D eigenvalue weighted by molar-refractivity contribution is 0.0599. The molecule has 7 nitrogen and oxygen atoms in total. The maximum atomic E-state index is 12.7. The van der Waals surface area contributed by atoms with Crippen LogP contribution in [-0.2, 0) is 11.8 Å². The second-order valence-corrected chi connectivity index (χ2v) is 11.0. The van der Waals surface area contributed by atoms with Gasteiger partial charge in [0.2, 0.25) is 0 Å². The number of carbonyl (C=O) groups excluding carboxylic acids is 1. The minimum Gasteiger partial charge on any atom is -0.490 e. The molecule has 1 unspecified atom stereocenters. The fourth-order valence-electron chi connectivity index (χ4n) is 6.17. The van der Waals surface area contributed by atoms with E-state index in [2.05, 4.69) is 47.5 Å². The molecule has 2 fully saturated rings. The van der Waals surface area contributed by atoms with Crippen molar-refractivity contribution in [3.05, 3.63) is 83.9 Å². The summed E-state index contributed by atoms with van der Waals surface area (Å²) in [6.45, 7) is 2.21. The molecule has 0 radical (unpaired) electrons. The number of aromatic nitrogens is 4. The summed E-state index contributed by atoms with van der Waals surface area (Å²) in [4.78, 5) is 12.7. The summed E-state index contributed by atoms with van der Waals surface area (Å²) >= 11 is 0. The zero-order chi connectivity index (χ0) is 26.9. The molecule has 2 saturated carbocycles. The average Bonchev–Trinajstić information content (AvgIpc) is 3.42.